The second kappa shape index (κ2) is 5.69. The van der Waals surface area contributed by atoms with Crippen LogP contribution in [0.3, 0.4) is 0 Å². The van der Waals surface area contributed by atoms with E-state index in [1.54, 1.807) is 11.3 Å². The lowest BCUT2D eigenvalue weighted by atomic mass is 10.1. The molecule has 0 nitrogen and oxygen atoms in total. The van der Waals surface area contributed by atoms with Gasteiger partial charge in [0.05, 0.1) is 9.16 Å². The fourth-order valence-electron chi connectivity index (χ4n) is 1.28. The standard InChI is InChI=1S/C11H6Br2ClIS/c12-8-5-9(16-11(8)13)10(14)6-1-3-7(15)4-2-6/h1-5,10H. The molecule has 0 bridgehead atoms. The predicted octanol–water partition coefficient (Wildman–Crippen LogP) is 6.21. The first-order valence-corrected chi connectivity index (χ1v) is 8.34. The molecule has 1 unspecified atom stereocenters. The zero-order chi connectivity index (χ0) is 11.7. The van der Waals surface area contributed by atoms with Gasteiger partial charge < -0.3 is 0 Å². The number of benzene rings is 1. The summed E-state index contributed by atoms with van der Waals surface area (Å²) < 4.78 is 3.36. The number of halogens is 4. The van der Waals surface area contributed by atoms with Crippen LogP contribution in [0.5, 0.6) is 0 Å². The number of rotatable bonds is 2. The van der Waals surface area contributed by atoms with Crippen LogP contribution in [0.1, 0.15) is 15.8 Å². The molecule has 0 aliphatic carbocycles. The van der Waals surface area contributed by atoms with Crippen LogP contribution in [-0.4, -0.2) is 0 Å². The van der Waals surface area contributed by atoms with E-state index >= 15 is 0 Å². The van der Waals surface area contributed by atoms with E-state index < -0.39 is 0 Å². The first-order valence-electron chi connectivity index (χ1n) is 4.42. The Bertz CT molecular complexity index is 476. The summed E-state index contributed by atoms with van der Waals surface area (Å²) in [6.45, 7) is 0. The van der Waals surface area contributed by atoms with Gasteiger partial charge in [0.1, 0.15) is 0 Å². The minimum absolute atomic E-state index is 0.0791. The van der Waals surface area contributed by atoms with Crippen molar-refractivity contribution in [1.82, 2.24) is 0 Å². The van der Waals surface area contributed by atoms with Crippen molar-refractivity contribution in [1.29, 1.82) is 0 Å². The predicted molar refractivity (Wildman–Crippen MR) is 86.6 cm³/mol. The van der Waals surface area contributed by atoms with Crippen LogP contribution < -0.4 is 0 Å². The monoisotopic (exact) mass is 490 g/mol. The zero-order valence-electron chi connectivity index (χ0n) is 7.88. The Balaban J connectivity index is 2.31. The van der Waals surface area contributed by atoms with Crippen molar-refractivity contribution in [2.75, 3.05) is 0 Å². The third kappa shape index (κ3) is 3.02. The number of hydrogen-bond acceptors (Lipinski definition) is 1. The molecule has 5 heteroatoms. The maximum absolute atomic E-state index is 6.44. The zero-order valence-corrected chi connectivity index (χ0v) is 14.8. The van der Waals surface area contributed by atoms with Gasteiger partial charge in [-0.05, 0) is 78.2 Å². The Labute approximate surface area is 134 Å². The van der Waals surface area contributed by atoms with Crippen molar-refractivity contribution in [3.63, 3.8) is 0 Å². The Morgan fingerprint density at radius 1 is 1.19 bits per heavy atom. The lowest BCUT2D eigenvalue weighted by Crippen LogP contribution is -1.89. The van der Waals surface area contributed by atoms with E-state index in [2.05, 4.69) is 84.8 Å². The third-order valence-corrected chi connectivity index (χ3v) is 6.73. The summed E-state index contributed by atoms with van der Waals surface area (Å²) >= 11 is 17.3. The molecule has 0 fully saturated rings. The van der Waals surface area contributed by atoms with Gasteiger partial charge in [0.25, 0.3) is 0 Å². The average molecular weight is 492 g/mol. The van der Waals surface area contributed by atoms with Gasteiger partial charge in [-0.15, -0.1) is 22.9 Å². The highest BCUT2D eigenvalue weighted by molar-refractivity contribution is 14.1. The Morgan fingerprint density at radius 3 is 2.31 bits per heavy atom. The summed E-state index contributed by atoms with van der Waals surface area (Å²) in [6.07, 6.45) is 0. The van der Waals surface area contributed by atoms with Crippen molar-refractivity contribution >= 4 is 77.4 Å². The average Bonchev–Trinajstić information content (AvgIpc) is 2.59. The van der Waals surface area contributed by atoms with E-state index in [4.69, 9.17) is 11.6 Å². The molecule has 0 saturated carbocycles. The van der Waals surface area contributed by atoms with Crippen LogP contribution in [0.25, 0.3) is 0 Å². The fourth-order valence-corrected chi connectivity index (χ4v) is 4.08. The highest BCUT2D eigenvalue weighted by Gasteiger charge is 2.15. The molecular formula is C11H6Br2ClIS. The molecular weight excluding hydrogens is 486 g/mol. The summed E-state index contributed by atoms with van der Waals surface area (Å²) in [5.41, 5.74) is 1.13. The molecule has 0 N–H and O–H groups in total. The SMILES string of the molecule is ClC(c1ccc(I)cc1)c1cc(Br)c(Br)s1. The smallest absolute Gasteiger partial charge is 0.0928 e. The molecule has 0 amide bonds. The van der Waals surface area contributed by atoms with Crippen molar-refractivity contribution in [2.45, 2.75) is 5.38 Å². The Hall–Kier alpha value is 0.900. The highest BCUT2D eigenvalue weighted by Crippen LogP contribution is 2.40. The Morgan fingerprint density at radius 2 is 1.81 bits per heavy atom. The largest absolute Gasteiger partial charge is 0.130 e. The van der Waals surface area contributed by atoms with Crippen LogP contribution in [0, 0.1) is 3.57 Å². The molecule has 0 spiro atoms. The molecule has 0 radical (unpaired) electrons. The summed E-state index contributed by atoms with van der Waals surface area (Å²) in [6, 6.07) is 10.3. The molecule has 1 aromatic carbocycles. The molecule has 0 aliphatic rings. The van der Waals surface area contributed by atoms with Crippen LogP contribution in [0.2, 0.25) is 0 Å². The van der Waals surface area contributed by atoms with Gasteiger partial charge in [-0.25, -0.2) is 0 Å². The molecule has 2 rings (SSSR count). The van der Waals surface area contributed by atoms with Gasteiger partial charge in [0, 0.05) is 12.9 Å². The lowest BCUT2D eigenvalue weighted by Gasteiger charge is -2.07. The molecule has 1 aromatic heterocycles. The lowest BCUT2D eigenvalue weighted by molar-refractivity contribution is 1.18. The molecule has 0 aliphatic heterocycles. The number of alkyl halides is 1. The Kier molecular flexibility index (Phi) is 4.74. The maximum Gasteiger partial charge on any atom is 0.0928 e. The third-order valence-electron chi connectivity index (χ3n) is 2.08. The van der Waals surface area contributed by atoms with Crippen LogP contribution in [-0.2, 0) is 0 Å². The number of thiophene rings is 1. The minimum atomic E-state index is -0.0791. The van der Waals surface area contributed by atoms with E-state index in [1.165, 1.54) is 3.57 Å². The van der Waals surface area contributed by atoms with Crippen molar-refractivity contribution in [3.05, 3.63) is 52.6 Å². The highest BCUT2D eigenvalue weighted by atomic mass is 127. The van der Waals surface area contributed by atoms with Gasteiger partial charge >= 0.3 is 0 Å². The molecule has 84 valence electrons. The number of hydrogen-bond donors (Lipinski definition) is 0. The van der Waals surface area contributed by atoms with Crippen LogP contribution in [0.15, 0.2) is 38.6 Å². The molecule has 16 heavy (non-hydrogen) atoms. The van der Waals surface area contributed by atoms with Crippen LogP contribution in [0.4, 0.5) is 0 Å². The molecule has 2 aromatic rings. The van der Waals surface area contributed by atoms with Crippen LogP contribution >= 0.6 is 77.4 Å². The van der Waals surface area contributed by atoms with E-state index in [-0.39, 0.29) is 5.38 Å². The first-order chi connectivity index (χ1) is 7.58. The topological polar surface area (TPSA) is 0 Å². The summed E-state index contributed by atoms with van der Waals surface area (Å²) in [7, 11) is 0. The molecule has 1 atom stereocenters. The van der Waals surface area contributed by atoms with E-state index in [0.29, 0.717) is 0 Å². The van der Waals surface area contributed by atoms with Gasteiger partial charge in [-0.3, -0.25) is 0 Å². The fraction of sp³-hybridized carbons (Fsp3) is 0.0909. The first kappa shape index (κ1) is 13.3. The van der Waals surface area contributed by atoms with Crippen molar-refractivity contribution in [3.8, 4) is 0 Å². The van der Waals surface area contributed by atoms with Gasteiger partial charge in [-0.2, -0.15) is 0 Å². The quantitative estimate of drug-likeness (QED) is 0.346. The summed E-state index contributed by atoms with van der Waals surface area (Å²) in [5, 5.41) is -0.0791. The molecule has 0 saturated heterocycles. The van der Waals surface area contributed by atoms with Gasteiger partial charge in [0.15, 0.2) is 0 Å². The maximum atomic E-state index is 6.44. The van der Waals surface area contributed by atoms with E-state index in [0.717, 1.165) is 18.7 Å². The second-order valence-electron chi connectivity index (χ2n) is 3.18. The second-order valence-corrected chi connectivity index (χ2v) is 8.12. The minimum Gasteiger partial charge on any atom is -0.130 e. The molecule has 1 heterocycles. The van der Waals surface area contributed by atoms with E-state index in [9.17, 15) is 0 Å². The summed E-state index contributed by atoms with van der Waals surface area (Å²) in [5.74, 6) is 0. The van der Waals surface area contributed by atoms with Crippen molar-refractivity contribution < 1.29 is 0 Å². The van der Waals surface area contributed by atoms with Gasteiger partial charge in [0.2, 0.25) is 0 Å². The van der Waals surface area contributed by atoms with Crippen molar-refractivity contribution in [2.24, 2.45) is 0 Å². The summed E-state index contributed by atoms with van der Waals surface area (Å²) in [4.78, 5) is 1.14. The van der Waals surface area contributed by atoms with Gasteiger partial charge in [-0.1, -0.05) is 12.1 Å². The normalized spacial score (nSPS) is 12.8. The van der Waals surface area contributed by atoms with E-state index in [1.807, 2.05) is 0 Å².